The molecule has 3 nitrogen and oxygen atoms in total. The van der Waals surface area contributed by atoms with Gasteiger partial charge in [0.2, 0.25) is 5.89 Å². The lowest BCUT2D eigenvalue weighted by Crippen LogP contribution is -2.11. The van der Waals surface area contributed by atoms with E-state index in [0.29, 0.717) is 5.89 Å². The van der Waals surface area contributed by atoms with Gasteiger partial charge < -0.3 is 9.32 Å². The van der Waals surface area contributed by atoms with Gasteiger partial charge in [0, 0.05) is 48.7 Å². The van der Waals surface area contributed by atoms with E-state index in [2.05, 4.69) is 181 Å². The number of hydrogen-bond donors (Lipinski definition) is 0. The number of anilines is 3. The molecule has 268 valence electrons. The zero-order valence-corrected chi connectivity index (χ0v) is 31.7. The molecule has 0 amide bonds. The topological polar surface area (TPSA) is 29.3 Å². The van der Waals surface area contributed by atoms with Crippen LogP contribution in [-0.4, -0.2) is 4.98 Å². The second kappa shape index (κ2) is 13.8. The van der Waals surface area contributed by atoms with Gasteiger partial charge in [-0.05, 0) is 93.2 Å². The number of thiophene rings is 1. The van der Waals surface area contributed by atoms with Gasteiger partial charge in [-0.3, -0.25) is 0 Å². The summed E-state index contributed by atoms with van der Waals surface area (Å²) in [5, 5.41) is 4.86. The highest BCUT2D eigenvalue weighted by molar-refractivity contribution is 7.25. The minimum Gasteiger partial charge on any atom is -0.436 e. The van der Waals surface area contributed by atoms with Crippen molar-refractivity contribution in [3.63, 3.8) is 0 Å². The van der Waals surface area contributed by atoms with Gasteiger partial charge in [-0.25, -0.2) is 4.98 Å². The molecule has 2 aromatic heterocycles. The summed E-state index contributed by atoms with van der Waals surface area (Å²) in [7, 11) is 0. The first kappa shape index (κ1) is 33.1. The molecule has 9 aromatic carbocycles. The maximum atomic E-state index is 6.27. The Morgan fingerprint density at radius 1 is 0.386 bits per heavy atom. The molecule has 11 aromatic rings. The summed E-state index contributed by atoms with van der Waals surface area (Å²) in [5.41, 5.74) is 13.1. The van der Waals surface area contributed by atoms with E-state index in [4.69, 9.17) is 9.40 Å². The monoisotopic (exact) mass is 746 g/mol. The maximum Gasteiger partial charge on any atom is 0.227 e. The van der Waals surface area contributed by atoms with Crippen molar-refractivity contribution < 1.29 is 4.42 Å². The van der Waals surface area contributed by atoms with Crippen molar-refractivity contribution in [1.29, 1.82) is 0 Å². The summed E-state index contributed by atoms with van der Waals surface area (Å²) in [6, 6.07) is 73.6. The quantitative estimate of drug-likeness (QED) is 0.163. The van der Waals surface area contributed by atoms with Gasteiger partial charge in [-0.2, -0.15) is 0 Å². The first-order chi connectivity index (χ1) is 28.2. The summed E-state index contributed by atoms with van der Waals surface area (Å²) < 4.78 is 8.67. The molecule has 0 bridgehead atoms. The Hall–Kier alpha value is -7.27. The average Bonchev–Trinajstić information content (AvgIpc) is 3.87. The third-order valence-electron chi connectivity index (χ3n) is 10.9. The van der Waals surface area contributed by atoms with Crippen LogP contribution < -0.4 is 4.90 Å². The van der Waals surface area contributed by atoms with E-state index in [0.717, 1.165) is 39.3 Å². The fourth-order valence-electron chi connectivity index (χ4n) is 8.20. The summed E-state index contributed by atoms with van der Waals surface area (Å²) >= 11 is 1.79. The Bertz CT molecular complexity index is 3220. The lowest BCUT2D eigenvalue weighted by atomic mass is 9.92. The van der Waals surface area contributed by atoms with Crippen LogP contribution in [0.5, 0.6) is 0 Å². The zero-order chi connectivity index (χ0) is 37.7. The molecule has 0 aliphatic heterocycles. The van der Waals surface area contributed by atoms with Gasteiger partial charge in [0.1, 0.15) is 5.52 Å². The van der Waals surface area contributed by atoms with Crippen molar-refractivity contribution in [3.8, 4) is 44.8 Å². The van der Waals surface area contributed by atoms with Crippen molar-refractivity contribution in [2.75, 3.05) is 4.90 Å². The van der Waals surface area contributed by atoms with Crippen molar-refractivity contribution in [3.05, 3.63) is 206 Å². The fraction of sp³-hybridized carbons (Fsp3) is 0. The Kier molecular flexibility index (Phi) is 8.01. The Balaban J connectivity index is 1.05. The Morgan fingerprint density at radius 2 is 0.930 bits per heavy atom. The van der Waals surface area contributed by atoms with E-state index >= 15 is 0 Å². The highest BCUT2D eigenvalue weighted by atomic mass is 32.1. The molecule has 0 fully saturated rings. The summed E-state index contributed by atoms with van der Waals surface area (Å²) in [5.74, 6) is 0.639. The van der Waals surface area contributed by atoms with Crippen LogP contribution in [0.4, 0.5) is 17.1 Å². The van der Waals surface area contributed by atoms with E-state index in [-0.39, 0.29) is 0 Å². The SMILES string of the molecule is c1ccc(-c2nc3cc4c(cc3o2)sc2ccc(N(c3ccc(-c5ccc(-c6ccccc6)c6ccccc56)cc3)c3ccccc3-c3ccccc3)cc24)cc1. The third-order valence-corrected chi connectivity index (χ3v) is 12.1. The lowest BCUT2D eigenvalue weighted by Gasteiger charge is -2.28. The number of hydrogen-bond acceptors (Lipinski definition) is 4. The van der Waals surface area contributed by atoms with Gasteiger partial charge >= 0.3 is 0 Å². The third kappa shape index (κ3) is 5.86. The van der Waals surface area contributed by atoms with Gasteiger partial charge in [-0.15, -0.1) is 11.3 Å². The fourth-order valence-corrected chi connectivity index (χ4v) is 9.29. The van der Waals surface area contributed by atoms with Gasteiger partial charge in [-0.1, -0.05) is 146 Å². The molecule has 2 heterocycles. The first-order valence-corrected chi connectivity index (χ1v) is 20.0. The summed E-state index contributed by atoms with van der Waals surface area (Å²) in [6.07, 6.45) is 0. The second-order valence-electron chi connectivity index (χ2n) is 14.3. The largest absolute Gasteiger partial charge is 0.436 e. The van der Waals surface area contributed by atoms with E-state index in [9.17, 15) is 0 Å². The average molecular weight is 747 g/mol. The number of benzene rings is 9. The van der Waals surface area contributed by atoms with Crippen molar-refractivity contribution >= 4 is 70.4 Å². The van der Waals surface area contributed by atoms with Gasteiger partial charge in [0.05, 0.1) is 5.69 Å². The van der Waals surface area contributed by atoms with E-state index in [1.807, 2.05) is 30.3 Å². The molecule has 11 rings (SSSR count). The van der Waals surface area contributed by atoms with Crippen molar-refractivity contribution in [2.24, 2.45) is 0 Å². The highest BCUT2D eigenvalue weighted by Gasteiger charge is 2.20. The smallest absolute Gasteiger partial charge is 0.227 e. The number of nitrogens with zero attached hydrogens (tertiary/aromatic N) is 2. The van der Waals surface area contributed by atoms with Crippen LogP contribution in [0.15, 0.2) is 211 Å². The molecule has 57 heavy (non-hydrogen) atoms. The van der Waals surface area contributed by atoms with Crippen LogP contribution in [0, 0.1) is 0 Å². The molecular formula is C53H34N2OS. The Morgan fingerprint density at radius 3 is 1.61 bits per heavy atom. The molecule has 0 N–H and O–H groups in total. The van der Waals surface area contributed by atoms with Crippen LogP contribution in [0.3, 0.4) is 0 Å². The number of oxazole rings is 1. The molecule has 0 aliphatic rings. The standard InChI is InChI=1S/C53H34N2OS/c1-4-14-35(15-5-1)41-29-30-42(45-22-11-10-21-44(41)45)37-24-26-39(27-25-37)55(49-23-13-12-20-43(49)36-16-6-2-7-17-36)40-28-31-51-46(32-40)47-33-48-50(34-52(47)57-51)56-53(54-48)38-18-8-3-9-19-38/h1-34H. The zero-order valence-electron chi connectivity index (χ0n) is 30.8. The number of rotatable bonds is 7. The summed E-state index contributed by atoms with van der Waals surface area (Å²) in [4.78, 5) is 7.31. The molecule has 0 atom stereocenters. The number of fused-ring (bicyclic) bond motifs is 5. The molecule has 0 spiro atoms. The molecule has 0 radical (unpaired) electrons. The number of aromatic nitrogens is 1. The van der Waals surface area contributed by atoms with Crippen molar-refractivity contribution in [1.82, 2.24) is 4.98 Å². The highest BCUT2D eigenvalue weighted by Crippen LogP contribution is 2.45. The first-order valence-electron chi connectivity index (χ1n) is 19.2. The van der Waals surface area contributed by atoms with Crippen LogP contribution >= 0.6 is 11.3 Å². The molecule has 0 saturated heterocycles. The van der Waals surface area contributed by atoms with Crippen molar-refractivity contribution in [2.45, 2.75) is 0 Å². The normalized spacial score (nSPS) is 11.5. The van der Waals surface area contributed by atoms with Gasteiger partial charge in [0.25, 0.3) is 0 Å². The van der Waals surface area contributed by atoms with E-state index in [1.165, 1.54) is 58.8 Å². The van der Waals surface area contributed by atoms with Crippen LogP contribution in [0.1, 0.15) is 0 Å². The number of para-hydroxylation sites is 1. The second-order valence-corrected chi connectivity index (χ2v) is 15.4. The van der Waals surface area contributed by atoms with Crippen LogP contribution in [0.2, 0.25) is 0 Å². The summed E-state index contributed by atoms with van der Waals surface area (Å²) in [6.45, 7) is 0. The maximum absolute atomic E-state index is 6.27. The van der Waals surface area contributed by atoms with E-state index in [1.54, 1.807) is 11.3 Å². The predicted octanol–water partition coefficient (Wildman–Crippen LogP) is 15.5. The lowest BCUT2D eigenvalue weighted by molar-refractivity contribution is 0.620. The molecule has 0 saturated carbocycles. The minimum atomic E-state index is 0.639. The Labute approximate surface area is 334 Å². The van der Waals surface area contributed by atoms with Gasteiger partial charge in [0.15, 0.2) is 5.58 Å². The minimum absolute atomic E-state index is 0.639. The molecular weight excluding hydrogens is 713 g/mol. The molecule has 4 heteroatoms. The van der Waals surface area contributed by atoms with Crippen LogP contribution in [0.25, 0.3) is 86.9 Å². The van der Waals surface area contributed by atoms with Crippen LogP contribution in [-0.2, 0) is 0 Å². The molecule has 0 aliphatic carbocycles. The predicted molar refractivity (Wildman–Crippen MR) is 241 cm³/mol. The van der Waals surface area contributed by atoms with E-state index < -0.39 is 0 Å². The molecule has 0 unspecified atom stereocenters.